The van der Waals surface area contributed by atoms with Crippen LogP contribution in [0.25, 0.3) is 0 Å². The van der Waals surface area contributed by atoms with E-state index in [0.29, 0.717) is 6.04 Å². The Kier molecular flexibility index (Phi) is 5.10. The number of nitrogens with zero attached hydrogens (tertiary/aromatic N) is 3. The first-order chi connectivity index (χ1) is 9.13. The number of nitrogens with one attached hydrogen (secondary N) is 1. The van der Waals surface area contributed by atoms with E-state index >= 15 is 0 Å². The highest BCUT2D eigenvalue weighted by Gasteiger charge is 2.04. The van der Waals surface area contributed by atoms with Crippen molar-refractivity contribution in [2.75, 3.05) is 6.54 Å². The van der Waals surface area contributed by atoms with Gasteiger partial charge in [0.15, 0.2) is 5.82 Å². The molecule has 1 aromatic heterocycles. The van der Waals surface area contributed by atoms with Gasteiger partial charge in [-0.15, -0.1) is 0 Å². The van der Waals surface area contributed by atoms with Crippen molar-refractivity contribution in [3.63, 3.8) is 0 Å². The lowest BCUT2D eigenvalue weighted by Crippen LogP contribution is -2.30. The predicted octanol–water partition coefficient (Wildman–Crippen LogP) is 2.34. The monoisotopic (exact) mass is 322 g/mol. The molecule has 19 heavy (non-hydrogen) atoms. The molecule has 0 saturated carbocycles. The Bertz CT molecular complexity index is 506. The molecule has 0 aliphatic heterocycles. The largest absolute Gasteiger partial charge is 0.313 e. The van der Waals surface area contributed by atoms with Gasteiger partial charge < -0.3 is 5.32 Å². The molecule has 0 saturated heterocycles. The molecule has 0 aliphatic rings. The van der Waals surface area contributed by atoms with Crippen LogP contribution in [-0.2, 0) is 19.9 Å². The number of rotatable bonds is 6. The van der Waals surface area contributed by atoms with Crippen LogP contribution in [0.15, 0.2) is 35.1 Å². The van der Waals surface area contributed by atoms with Gasteiger partial charge in [0.2, 0.25) is 0 Å². The molecule has 2 aromatic rings. The Labute approximate surface area is 122 Å². The van der Waals surface area contributed by atoms with Crippen LogP contribution in [0.1, 0.15) is 18.3 Å². The first kappa shape index (κ1) is 14.2. The van der Waals surface area contributed by atoms with E-state index in [1.807, 2.05) is 7.05 Å². The molecule has 1 heterocycles. The third-order valence-corrected chi connectivity index (χ3v) is 3.47. The van der Waals surface area contributed by atoms with Crippen molar-refractivity contribution >= 4 is 15.9 Å². The zero-order chi connectivity index (χ0) is 13.7. The van der Waals surface area contributed by atoms with Crippen LogP contribution < -0.4 is 5.32 Å². The summed E-state index contributed by atoms with van der Waals surface area (Å²) in [6.45, 7) is 3.11. The molecule has 0 radical (unpaired) electrons. The Morgan fingerprint density at radius 3 is 2.68 bits per heavy atom. The summed E-state index contributed by atoms with van der Waals surface area (Å²) in [7, 11) is 1.89. The third kappa shape index (κ3) is 4.76. The minimum Gasteiger partial charge on any atom is -0.313 e. The van der Waals surface area contributed by atoms with E-state index in [4.69, 9.17) is 0 Å². The Balaban J connectivity index is 1.72. The smallest absolute Gasteiger partial charge is 0.151 e. The van der Waals surface area contributed by atoms with Gasteiger partial charge in [0.05, 0.1) is 0 Å². The molecule has 0 aliphatic carbocycles. The van der Waals surface area contributed by atoms with E-state index < -0.39 is 0 Å². The maximum atomic E-state index is 4.26. The van der Waals surface area contributed by atoms with Crippen molar-refractivity contribution in [2.45, 2.75) is 25.8 Å². The first-order valence-electron chi connectivity index (χ1n) is 6.46. The minimum atomic E-state index is 0.449. The summed E-state index contributed by atoms with van der Waals surface area (Å²) in [5.74, 6) is 0.894. The molecule has 1 aromatic carbocycles. The van der Waals surface area contributed by atoms with Gasteiger partial charge in [0.1, 0.15) is 6.33 Å². The second-order valence-electron chi connectivity index (χ2n) is 4.77. The van der Waals surface area contributed by atoms with Gasteiger partial charge in [-0.3, -0.25) is 4.68 Å². The molecule has 4 nitrogen and oxygen atoms in total. The maximum Gasteiger partial charge on any atom is 0.151 e. The molecular formula is C14H19BrN4. The lowest BCUT2D eigenvalue weighted by atomic mass is 10.1. The van der Waals surface area contributed by atoms with Gasteiger partial charge in [-0.25, -0.2) is 4.98 Å². The van der Waals surface area contributed by atoms with Crippen molar-refractivity contribution in [3.05, 3.63) is 46.5 Å². The fourth-order valence-corrected chi connectivity index (χ4v) is 2.24. The average Bonchev–Trinajstić information content (AvgIpc) is 2.78. The normalized spacial score (nSPS) is 12.6. The topological polar surface area (TPSA) is 42.7 Å². The van der Waals surface area contributed by atoms with Gasteiger partial charge >= 0.3 is 0 Å². The average molecular weight is 323 g/mol. The molecule has 5 heteroatoms. The van der Waals surface area contributed by atoms with Gasteiger partial charge in [-0.1, -0.05) is 28.1 Å². The van der Waals surface area contributed by atoms with E-state index in [2.05, 4.69) is 62.5 Å². The highest BCUT2D eigenvalue weighted by Crippen LogP contribution is 2.11. The molecule has 102 valence electrons. The third-order valence-electron chi connectivity index (χ3n) is 2.94. The number of hydrogen-bond acceptors (Lipinski definition) is 3. The van der Waals surface area contributed by atoms with E-state index in [0.717, 1.165) is 29.7 Å². The van der Waals surface area contributed by atoms with Crippen molar-refractivity contribution in [1.82, 2.24) is 20.1 Å². The second kappa shape index (κ2) is 6.82. The molecule has 0 bridgehead atoms. The standard InChI is InChI=1S/C14H19BrN4/c1-11(9-12-3-5-13(15)6-4-12)16-8-7-14-17-10-19(2)18-14/h3-6,10-11,16H,7-9H2,1-2H3. The minimum absolute atomic E-state index is 0.449. The number of benzene rings is 1. The molecule has 0 spiro atoms. The summed E-state index contributed by atoms with van der Waals surface area (Å²) in [5, 5.41) is 7.76. The number of halogens is 1. The second-order valence-corrected chi connectivity index (χ2v) is 5.69. The molecule has 1 atom stereocenters. The molecule has 1 unspecified atom stereocenters. The number of hydrogen-bond donors (Lipinski definition) is 1. The van der Waals surface area contributed by atoms with Gasteiger partial charge in [0, 0.05) is 30.5 Å². The van der Waals surface area contributed by atoms with Crippen LogP contribution in [0.3, 0.4) is 0 Å². The number of aromatic nitrogens is 3. The summed E-state index contributed by atoms with van der Waals surface area (Å²) < 4.78 is 2.86. The van der Waals surface area contributed by atoms with Crippen molar-refractivity contribution < 1.29 is 0 Å². The Hall–Kier alpha value is -1.20. The van der Waals surface area contributed by atoms with Crippen LogP contribution >= 0.6 is 15.9 Å². The summed E-state index contributed by atoms with van der Waals surface area (Å²) in [5.41, 5.74) is 1.35. The Morgan fingerprint density at radius 1 is 1.32 bits per heavy atom. The fourth-order valence-electron chi connectivity index (χ4n) is 1.98. The quantitative estimate of drug-likeness (QED) is 0.887. The lowest BCUT2D eigenvalue weighted by molar-refractivity contribution is 0.542. The van der Waals surface area contributed by atoms with Crippen LogP contribution in [-0.4, -0.2) is 27.4 Å². The van der Waals surface area contributed by atoms with Crippen LogP contribution in [0.2, 0.25) is 0 Å². The van der Waals surface area contributed by atoms with Crippen LogP contribution in [0, 0.1) is 0 Å². The summed E-state index contributed by atoms with van der Waals surface area (Å²) >= 11 is 3.45. The Morgan fingerprint density at radius 2 is 2.05 bits per heavy atom. The zero-order valence-electron chi connectivity index (χ0n) is 11.3. The highest BCUT2D eigenvalue weighted by molar-refractivity contribution is 9.10. The summed E-state index contributed by atoms with van der Waals surface area (Å²) in [6.07, 6.45) is 3.63. The van der Waals surface area contributed by atoms with E-state index in [1.165, 1.54) is 5.56 Å². The molecular weight excluding hydrogens is 304 g/mol. The lowest BCUT2D eigenvalue weighted by Gasteiger charge is -2.13. The molecule has 0 amide bonds. The summed E-state index contributed by atoms with van der Waals surface area (Å²) in [6, 6.07) is 8.93. The zero-order valence-corrected chi connectivity index (χ0v) is 12.9. The van der Waals surface area contributed by atoms with Crippen LogP contribution in [0.5, 0.6) is 0 Å². The van der Waals surface area contributed by atoms with E-state index in [1.54, 1.807) is 11.0 Å². The highest BCUT2D eigenvalue weighted by atomic mass is 79.9. The van der Waals surface area contributed by atoms with Gasteiger partial charge in [-0.2, -0.15) is 5.10 Å². The van der Waals surface area contributed by atoms with Crippen LogP contribution in [0.4, 0.5) is 0 Å². The van der Waals surface area contributed by atoms with Crippen molar-refractivity contribution in [1.29, 1.82) is 0 Å². The van der Waals surface area contributed by atoms with Crippen molar-refractivity contribution in [2.24, 2.45) is 7.05 Å². The van der Waals surface area contributed by atoms with Gasteiger partial charge in [0.25, 0.3) is 0 Å². The first-order valence-corrected chi connectivity index (χ1v) is 7.25. The van der Waals surface area contributed by atoms with Gasteiger partial charge in [-0.05, 0) is 31.0 Å². The fraction of sp³-hybridized carbons (Fsp3) is 0.429. The molecule has 1 N–H and O–H groups in total. The van der Waals surface area contributed by atoms with Crippen molar-refractivity contribution in [3.8, 4) is 0 Å². The number of aryl methyl sites for hydroxylation is 1. The maximum absolute atomic E-state index is 4.26. The molecule has 2 rings (SSSR count). The SMILES string of the molecule is CC(Cc1ccc(Br)cc1)NCCc1ncn(C)n1. The molecule has 0 fully saturated rings. The predicted molar refractivity (Wildman–Crippen MR) is 80.0 cm³/mol. The van der Waals surface area contributed by atoms with E-state index in [9.17, 15) is 0 Å². The summed E-state index contributed by atoms with van der Waals surface area (Å²) in [4.78, 5) is 4.21. The van der Waals surface area contributed by atoms with E-state index in [-0.39, 0.29) is 0 Å².